The Morgan fingerprint density at radius 1 is 1.22 bits per heavy atom. The molecule has 1 aromatic rings. The van der Waals surface area contributed by atoms with Crippen molar-refractivity contribution in [1.29, 1.82) is 0 Å². The second kappa shape index (κ2) is 6.70. The van der Waals surface area contributed by atoms with Crippen LogP contribution in [0.4, 0.5) is 17.6 Å². The maximum absolute atomic E-state index is 12.7. The van der Waals surface area contributed by atoms with Gasteiger partial charge >= 0.3 is 6.18 Å². The molecule has 0 aliphatic rings. The van der Waals surface area contributed by atoms with E-state index in [0.29, 0.717) is 12.1 Å². The Labute approximate surface area is 103 Å². The van der Waals surface area contributed by atoms with Gasteiger partial charge in [-0.1, -0.05) is 19.1 Å². The van der Waals surface area contributed by atoms with E-state index in [4.69, 9.17) is 0 Å². The van der Waals surface area contributed by atoms with Gasteiger partial charge < -0.3 is 10.1 Å². The average molecular weight is 265 g/mol. The largest absolute Gasteiger partial charge is 0.411 e. The number of rotatable bonds is 6. The fourth-order valence-electron chi connectivity index (χ4n) is 1.51. The van der Waals surface area contributed by atoms with Gasteiger partial charge in [-0.3, -0.25) is 0 Å². The van der Waals surface area contributed by atoms with Crippen LogP contribution in [0.2, 0.25) is 0 Å². The lowest BCUT2D eigenvalue weighted by molar-refractivity contribution is -0.175. The van der Waals surface area contributed by atoms with Crippen molar-refractivity contribution in [2.45, 2.75) is 19.1 Å². The molecule has 0 spiro atoms. The van der Waals surface area contributed by atoms with E-state index in [9.17, 15) is 17.6 Å². The van der Waals surface area contributed by atoms with Crippen LogP contribution in [0, 0.1) is 5.82 Å². The number of hydrogen-bond donors (Lipinski definition) is 1. The minimum atomic E-state index is -4.33. The highest BCUT2D eigenvalue weighted by Gasteiger charge is 2.28. The van der Waals surface area contributed by atoms with Crippen LogP contribution in [0.25, 0.3) is 0 Å². The Morgan fingerprint density at radius 3 is 2.33 bits per heavy atom. The van der Waals surface area contributed by atoms with E-state index in [1.807, 2.05) is 6.92 Å². The molecule has 1 rings (SSSR count). The van der Waals surface area contributed by atoms with E-state index in [1.165, 1.54) is 24.3 Å². The van der Waals surface area contributed by atoms with E-state index in [0.717, 1.165) is 0 Å². The minimum Gasteiger partial charge on any atom is -0.370 e. The van der Waals surface area contributed by atoms with Crippen molar-refractivity contribution in [2.75, 3.05) is 19.8 Å². The molecule has 0 saturated heterocycles. The van der Waals surface area contributed by atoms with Gasteiger partial charge in [0.1, 0.15) is 12.4 Å². The normalized spacial score (nSPS) is 13.6. The lowest BCUT2D eigenvalue weighted by atomic mass is 10.1. The van der Waals surface area contributed by atoms with E-state index in [2.05, 4.69) is 10.1 Å². The molecule has 0 fully saturated rings. The molecule has 102 valence electrons. The third-order valence-electron chi connectivity index (χ3n) is 2.27. The van der Waals surface area contributed by atoms with Crippen molar-refractivity contribution < 1.29 is 22.3 Å². The first-order valence-electron chi connectivity index (χ1n) is 5.55. The van der Waals surface area contributed by atoms with Gasteiger partial charge in [0.15, 0.2) is 0 Å². The van der Waals surface area contributed by atoms with Crippen LogP contribution in [0.1, 0.15) is 18.5 Å². The summed E-state index contributed by atoms with van der Waals surface area (Å²) in [4.78, 5) is 0. The molecule has 0 aromatic heterocycles. The van der Waals surface area contributed by atoms with Gasteiger partial charge in [-0.25, -0.2) is 4.39 Å². The number of hydrogen-bond acceptors (Lipinski definition) is 2. The van der Waals surface area contributed by atoms with Gasteiger partial charge in [0, 0.05) is 0 Å². The molecule has 0 aliphatic carbocycles. The number of halogens is 4. The zero-order chi connectivity index (χ0) is 13.6. The second-order valence-electron chi connectivity index (χ2n) is 3.79. The smallest absolute Gasteiger partial charge is 0.370 e. The fraction of sp³-hybridized carbons (Fsp3) is 0.500. The maximum Gasteiger partial charge on any atom is 0.411 e. The predicted octanol–water partition coefficient (Wildman–Crippen LogP) is 3.06. The van der Waals surface area contributed by atoms with Gasteiger partial charge in [-0.05, 0) is 24.2 Å². The van der Waals surface area contributed by atoms with Gasteiger partial charge in [0.2, 0.25) is 0 Å². The molecule has 1 aromatic carbocycles. The van der Waals surface area contributed by atoms with Crippen molar-refractivity contribution in [3.8, 4) is 0 Å². The second-order valence-corrected chi connectivity index (χ2v) is 3.79. The molecule has 0 heterocycles. The SMILES string of the molecule is CCNC(COCC(F)(F)F)c1ccc(F)cc1. The lowest BCUT2D eigenvalue weighted by Gasteiger charge is -2.19. The van der Waals surface area contributed by atoms with Crippen LogP contribution < -0.4 is 5.32 Å². The fourth-order valence-corrected chi connectivity index (χ4v) is 1.51. The summed E-state index contributed by atoms with van der Waals surface area (Å²) in [5.74, 6) is -0.384. The van der Waals surface area contributed by atoms with Gasteiger partial charge in [0.25, 0.3) is 0 Å². The summed E-state index contributed by atoms with van der Waals surface area (Å²) in [6.07, 6.45) is -4.33. The first-order valence-corrected chi connectivity index (χ1v) is 5.55. The molecule has 2 nitrogen and oxygen atoms in total. The summed E-state index contributed by atoms with van der Waals surface area (Å²) in [6, 6.07) is 5.21. The van der Waals surface area contributed by atoms with Crippen molar-refractivity contribution >= 4 is 0 Å². The van der Waals surface area contributed by atoms with Crippen LogP contribution in [-0.2, 0) is 4.74 Å². The summed E-state index contributed by atoms with van der Waals surface area (Å²) in [5, 5.41) is 2.99. The third-order valence-corrected chi connectivity index (χ3v) is 2.27. The van der Waals surface area contributed by atoms with Crippen molar-refractivity contribution in [2.24, 2.45) is 0 Å². The number of benzene rings is 1. The van der Waals surface area contributed by atoms with Gasteiger partial charge in [0.05, 0.1) is 12.6 Å². The Bertz CT molecular complexity index is 350. The monoisotopic (exact) mass is 265 g/mol. The number of nitrogens with one attached hydrogen (secondary N) is 1. The zero-order valence-corrected chi connectivity index (χ0v) is 9.93. The Kier molecular flexibility index (Phi) is 5.55. The molecular weight excluding hydrogens is 250 g/mol. The molecule has 1 unspecified atom stereocenters. The highest BCUT2D eigenvalue weighted by Crippen LogP contribution is 2.18. The standard InChI is InChI=1S/C12H15F4NO/c1-2-17-11(7-18-8-12(14,15)16)9-3-5-10(13)6-4-9/h3-6,11,17H,2,7-8H2,1H3. The minimum absolute atomic E-state index is 0.112. The quantitative estimate of drug-likeness (QED) is 0.798. The van der Waals surface area contributed by atoms with Crippen molar-refractivity contribution in [3.63, 3.8) is 0 Å². The first kappa shape index (κ1) is 14.9. The highest BCUT2D eigenvalue weighted by molar-refractivity contribution is 5.20. The number of alkyl halides is 3. The van der Waals surface area contributed by atoms with E-state index < -0.39 is 12.8 Å². The maximum atomic E-state index is 12.7. The first-order chi connectivity index (χ1) is 8.42. The lowest BCUT2D eigenvalue weighted by Crippen LogP contribution is -2.28. The summed E-state index contributed by atoms with van der Waals surface area (Å²) < 4.78 is 53.2. The zero-order valence-electron chi connectivity index (χ0n) is 9.93. The predicted molar refractivity (Wildman–Crippen MR) is 59.7 cm³/mol. The Hall–Kier alpha value is -1.14. The molecule has 1 atom stereocenters. The summed E-state index contributed by atoms with van der Waals surface area (Å²) in [5.41, 5.74) is 0.695. The third kappa shape index (κ3) is 5.46. The van der Waals surface area contributed by atoms with Gasteiger partial charge in [-0.2, -0.15) is 13.2 Å². The molecule has 0 aliphatic heterocycles. The molecular formula is C12H15F4NO. The summed E-state index contributed by atoms with van der Waals surface area (Å²) in [7, 11) is 0. The van der Waals surface area contributed by atoms with Crippen LogP contribution in [0.15, 0.2) is 24.3 Å². The molecule has 0 radical (unpaired) electrons. The summed E-state index contributed by atoms with van der Waals surface area (Å²) in [6.45, 7) is 1.02. The molecule has 1 N–H and O–H groups in total. The average Bonchev–Trinajstić information content (AvgIpc) is 2.27. The van der Waals surface area contributed by atoms with E-state index in [1.54, 1.807) is 0 Å². The highest BCUT2D eigenvalue weighted by atomic mass is 19.4. The van der Waals surface area contributed by atoms with E-state index >= 15 is 0 Å². The molecule has 18 heavy (non-hydrogen) atoms. The molecule has 0 amide bonds. The van der Waals surface area contributed by atoms with Crippen LogP contribution in [-0.4, -0.2) is 25.9 Å². The molecule has 0 saturated carbocycles. The van der Waals surface area contributed by atoms with Crippen LogP contribution in [0.3, 0.4) is 0 Å². The number of likely N-dealkylation sites (N-methyl/N-ethyl adjacent to an activating group) is 1. The summed E-state index contributed by atoms with van der Waals surface area (Å²) >= 11 is 0. The van der Waals surface area contributed by atoms with Crippen molar-refractivity contribution in [1.82, 2.24) is 5.32 Å². The van der Waals surface area contributed by atoms with Crippen LogP contribution in [0.5, 0.6) is 0 Å². The molecule has 6 heteroatoms. The van der Waals surface area contributed by atoms with Gasteiger partial charge in [-0.15, -0.1) is 0 Å². The number of ether oxygens (including phenoxy) is 1. The Morgan fingerprint density at radius 2 is 1.83 bits per heavy atom. The van der Waals surface area contributed by atoms with Crippen molar-refractivity contribution in [3.05, 3.63) is 35.6 Å². The van der Waals surface area contributed by atoms with E-state index in [-0.39, 0.29) is 18.5 Å². The Balaban J connectivity index is 2.57. The van der Waals surface area contributed by atoms with Crippen LogP contribution >= 0.6 is 0 Å². The molecule has 0 bridgehead atoms. The topological polar surface area (TPSA) is 21.3 Å².